The van der Waals surface area contributed by atoms with E-state index in [0.717, 1.165) is 33.4 Å². The van der Waals surface area contributed by atoms with Gasteiger partial charge in [-0.2, -0.15) is 9.97 Å². The predicted molar refractivity (Wildman–Crippen MR) is 197 cm³/mol. The Bertz CT molecular complexity index is 2760. The first-order chi connectivity index (χ1) is 23.8. The number of hydrogen-bond acceptors (Lipinski definition) is 3. The lowest BCUT2D eigenvalue weighted by Crippen LogP contribution is -2.06. The van der Waals surface area contributed by atoms with Crippen LogP contribution < -0.4 is 0 Å². The maximum atomic E-state index is 5.18. The summed E-state index contributed by atoms with van der Waals surface area (Å²) >= 11 is 0. The highest BCUT2D eigenvalue weighted by Crippen LogP contribution is 2.44. The molecule has 0 fully saturated rings. The topological polar surface area (TPSA) is 48.5 Å². The van der Waals surface area contributed by atoms with E-state index in [1.54, 1.807) is 0 Å². The van der Waals surface area contributed by atoms with Crippen molar-refractivity contribution in [3.05, 3.63) is 164 Å². The Hall–Kier alpha value is -6.59. The molecule has 5 heteroatoms. The fraction of sp³-hybridized carbons (Fsp3) is 0. The number of fused-ring (bicyclic) bond motifs is 9. The molecule has 0 saturated carbocycles. The van der Waals surface area contributed by atoms with Gasteiger partial charge in [-0.1, -0.05) is 127 Å². The molecule has 224 valence electrons. The molecular weight excluding hydrogens is 587 g/mol. The summed E-state index contributed by atoms with van der Waals surface area (Å²) in [6.07, 6.45) is 0. The van der Waals surface area contributed by atoms with Gasteiger partial charge in [0.05, 0.1) is 22.1 Å². The van der Waals surface area contributed by atoms with Gasteiger partial charge in [-0.15, -0.1) is 0 Å². The van der Waals surface area contributed by atoms with Crippen molar-refractivity contribution >= 4 is 54.4 Å². The molecule has 7 aromatic carbocycles. The van der Waals surface area contributed by atoms with Crippen LogP contribution in [0.1, 0.15) is 0 Å². The lowest BCUT2D eigenvalue weighted by molar-refractivity contribution is 0.954. The summed E-state index contributed by atoms with van der Waals surface area (Å²) in [7, 11) is 0. The Morgan fingerprint density at radius 3 is 1.52 bits per heavy atom. The van der Waals surface area contributed by atoms with Crippen molar-refractivity contribution in [3.63, 3.8) is 0 Å². The summed E-state index contributed by atoms with van der Waals surface area (Å²) in [6, 6.07) is 57.2. The third-order valence-corrected chi connectivity index (χ3v) is 9.36. The van der Waals surface area contributed by atoms with Crippen LogP contribution in [0.4, 0.5) is 0 Å². The molecule has 0 atom stereocenters. The van der Waals surface area contributed by atoms with Crippen molar-refractivity contribution in [2.45, 2.75) is 0 Å². The second-order valence-corrected chi connectivity index (χ2v) is 12.1. The fourth-order valence-corrected chi connectivity index (χ4v) is 7.30. The Labute approximate surface area is 276 Å². The number of para-hydroxylation sites is 2. The van der Waals surface area contributed by atoms with E-state index in [1.807, 2.05) is 36.4 Å². The van der Waals surface area contributed by atoms with Gasteiger partial charge in [0, 0.05) is 38.4 Å². The molecule has 0 radical (unpaired) electrons. The SMILES string of the molecule is c1ccc(-c2nc(-c3ccccc3)nc(-n3c4ccc5ccccc5c4c4c5c6ccccc6n(-c6ccccc6)c5ccc43)n2)cc1. The van der Waals surface area contributed by atoms with Crippen molar-refractivity contribution in [1.82, 2.24) is 24.1 Å². The van der Waals surface area contributed by atoms with E-state index in [4.69, 9.17) is 15.0 Å². The third-order valence-electron chi connectivity index (χ3n) is 9.36. The normalized spacial score (nSPS) is 11.8. The Balaban J connectivity index is 1.39. The van der Waals surface area contributed by atoms with Gasteiger partial charge in [0.25, 0.3) is 0 Å². The zero-order valence-corrected chi connectivity index (χ0v) is 25.8. The monoisotopic (exact) mass is 613 g/mol. The Morgan fingerprint density at radius 1 is 0.333 bits per heavy atom. The molecule has 0 amide bonds. The third kappa shape index (κ3) is 3.94. The molecule has 10 aromatic rings. The predicted octanol–water partition coefficient (Wildman–Crippen LogP) is 10.6. The fourth-order valence-electron chi connectivity index (χ4n) is 7.30. The minimum absolute atomic E-state index is 0.587. The van der Waals surface area contributed by atoms with Crippen molar-refractivity contribution in [1.29, 1.82) is 0 Å². The molecule has 0 aliphatic rings. The molecule has 0 spiro atoms. The Morgan fingerprint density at radius 2 is 0.833 bits per heavy atom. The molecule has 0 saturated heterocycles. The molecule has 0 aliphatic heterocycles. The van der Waals surface area contributed by atoms with Crippen LogP contribution in [0.2, 0.25) is 0 Å². The van der Waals surface area contributed by atoms with Crippen LogP contribution in [0, 0.1) is 0 Å². The molecule has 10 rings (SSSR count). The van der Waals surface area contributed by atoms with Crippen LogP contribution >= 0.6 is 0 Å². The van der Waals surface area contributed by atoms with Crippen molar-refractivity contribution < 1.29 is 0 Å². The Kier molecular flexibility index (Phi) is 5.81. The highest BCUT2D eigenvalue weighted by Gasteiger charge is 2.23. The van der Waals surface area contributed by atoms with Gasteiger partial charge in [-0.05, 0) is 47.2 Å². The quantitative estimate of drug-likeness (QED) is 0.198. The second kappa shape index (κ2) is 10.5. The lowest BCUT2D eigenvalue weighted by atomic mass is 10.0. The minimum atomic E-state index is 0.587. The highest BCUT2D eigenvalue weighted by molar-refractivity contribution is 6.33. The highest BCUT2D eigenvalue weighted by atomic mass is 15.2. The average Bonchev–Trinajstić information content (AvgIpc) is 3.69. The summed E-state index contributed by atoms with van der Waals surface area (Å²) < 4.78 is 4.61. The lowest BCUT2D eigenvalue weighted by Gasteiger charge is -2.11. The van der Waals surface area contributed by atoms with E-state index >= 15 is 0 Å². The summed E-state index contributed by atoms with van der Waals surface area (Å²) in [4.78, 5) is 15.3. The van der Waals surface area contributed by atoms with Gasteiger partial charge in [-0.3, -0.25) is 4.57 Å². The number of rotatable bonds is 4. The van der Waals surface area contributed by atoms with Crippen molar-refractivity contribution in [3.8, 4) is 34.4 Å². The smallest absolute Gasteiger partial charge is 0.238 e. The van der Waals surface area contributed by atoms with Crippen LogP contribution in [-0.4, -0.2) is 24.1 Å². The first kappa shape index (κ1) is 26.6. The van der Waals surface area contributed by atoms with Crippen molar-refractivity contribution in [2.75, 3.05) is 0 Å². The molecule has 0 unspecified atom stereocenters. The van der Waals surface area contributed by atoms with Crippen LogP contribution in [0.15, 0.2) is 164 Å². The summed E-state index contributed by atoms with van der Waals surface area (Å²) in [5, 5.41) is 7.19. The molecule has 0 aliphatic carbocycles. The molecule has 0 bridgehead atoms. The van der Waals surface area contributed by atoms with Crippen LogP contribution in [0.5, 0.6) is 0 Å². The van der Waals surface area contributed by atoms with E-state index < -0.39 is 0 Å². The maximum absolute atomic E-state index is 5.18. The zero-order valence-electron chi connectivity index (χ0n) is 25.8. The first-order valence-electron chi connectivity index (χ1n) is 16.1. The zero-order chi connectivity index (χ0) is 31.6. The number of nitrogens with zero attached hydrogens (tertiary/aromatic N) is 5. The van der Waals surface area contributed by atoms with E-state index in [0.29, 0.717) is 17.6 Å². The summed E-state index contributed by atoms with van der Waals surface area (Å²) in [6.45, 7) is 0. The number of benzene rings is 7. The molecule has 3 aromatic heterocycles. The van der Waals surface area contributed by atoms with E-state index in [1.165, 1.54) is 37.8 Å². The number of aromatic nitrogens is 5. The van der Waals surface area contributed by atoms with E-state index in [2.05, 4.69) is 137 Å². The molecule has 5 nitrogen and oxygen atoms in total. The van der Waals surface area contributed by atoms with Crippen LogP contribution in [0.25, 0.3) is 88.8 Å². The molecule has 3 heterocycles. The average molecular weight is 614 g/mol. The number of hydrogen-bond donors (Lipinski definition) is 0. The molecule has 48 heavy (non-hydrogen) atoms. The van der Waals surface area contributed by atoms with E-state index in [9.17, 15) is 0 Å². The first-order valence-corrected chi connectivity index (χ1v) is 16.1. The summed E-state index contributed by atoms with van der Waals surface area (Å²) in [5.74, 6) is 1.86. The second-order valence-electron chi connectivity index (χ2n) is 12.1. The van der Waals surface area contributed by atoms with Gasteiger partial charge in [0.15, 0.2) is 11.6 Å². The molecule has 0 N–H and O–H groups in total. The molecular formula is C43H27N5. The van der Waals surface area contributed by atoms with Gasteiger partial charge >= 0.3 is 0 Å². The van der Waals surface area contributed by atoms with Crippen molar-refractivity contribution in [2.24, 2.45) is 0 Å². The van der Waals surface area contributed by atoms with Gasteiger partial charge in [-0.25, -0.2) is 4.98 Å². The standard InChI is InChI=1S/C43H27N5/c1-4-15-29(16-5-1)41-44-42(30-17-6-2-7-18-30)46-43(45-41)48-36-25-24-28-14-10-11-21-32(28)38(36)40-37(48)27-26-35-39(40)33-22-12-13-23-34(33)47(35)31-19-8-3-9-20-31/h1-27H. The van der Waals surface area contributed by atoms with Gasteiger partial charge < -0.3 is 4.57 Å². The largest absolute Gasteiger partial charge is 0.309 e. The summed E-state index contributed by atoms with van der Waals surface area (Å²) in [5.41, 5.74) is 7.45. The van der Waals surface area contributed by atoms with Crippen LogP contribution in [-0.2, 0) is 0 Å². The van der Waals surface area contributed by atoms with Gasteiger partial charge in [0.1, 0.15) is 0 Å². The van der Waals surface area contributed by atoms with Crippen LogP contribution in [0.3, 0.4) is 0 Å². The van der Waals surface area contributed by atoms with Gasteiger partial charge in [0.2, 0.25) is 5.95 Å². The minimum Gasteiger partial charge on any atom is -0.309 e. The maximum Gasteiger partial charge on any atom is 0.238 e. The van der Waals surface area contributed by atoms with E-state index in [-0.39, 0.29) is 0 Å².